The molecule has 1 atom stereocenters. The molecule has 0 bridgehead atoms. The number of rotatable bonds is 2. The van der Waals surface area contributed by atoms with Gasteiger partial charge >= 0.3 is 0 Å². The van der Waals surface area contributed by atoms with Crippen LogP contribution >= 0.6 is 22.6 Å². The first-order chi connectivity index (χ1) is 14.1. The minimum Gasteiger partial charge on any atom is -0.360 e. The molecular weight excluding hydrogens is 471 g/mol. The monoisotopic (exact) mass is 490 g/mol. The standard InChI is InChI=1S/C25H19IN2O/c1-16-5-4-8-21(13-16)28-24(19-10-9-17-6-2-3-7-18(17)14-19)27-23-12-11-20(26)15-22(23)25(28)29/h2-15,24,27H,1H3. The van der Waals surface area contributed by atoms with Crippen LogP contribution in [0.25, 0.3) is 10.8 Å². The highest BCUT2D eigenvalue weighted by Crippen LogP contribution is 2.38. The summed E-state index contributed by atoms with van der Waals surface area (Å²) >= 11 is 2.25. The van der Waals surface area contributed by atoms with E-state index < -0.39 is 0 Å². The Hall–Kier alpha value is -2.86. The maximum absolute atomic E-state index is 13.6. The average Bonchev–Trinajstić information content (AvgIpc) is 2.73. The molecule has 4 aromatic carbocycles. The number of amides is 1. The zero-order valence-corrected chi connectivity index (χ0v) is 18.1. The first-order valence-electron chi connectivity index (χ1n) is 9.55. The van der Waals surface area contributed by atoms with Crippen LogP contribution in [-0.4, -0.2) is 5.91 Å². The fraction of sp³-hybridized carbons (Fsp3) is 0.0800. The SMILES string of the molecule is Cc1cccc(N2C(=O)c3cc(I)ccc3NC2c2ccc3ccccc3c2)c1. The maximum atomic E-state index is 13.6. The van der Waals surface area contributed by atoms with Gasteiger partial charge in [0.05, 0.1) is 5.56 Å². The number of anilines is 2. The summed E-state index contributed by atoms with van der Waals surface area (Å²) in [6.07, 6.45) is -0.276. The Morgan fingerprint density at radius 2 is 1.69 bits per heavy atom. The number of hydrogen-bond donors (Lipinski definition) is 1. The minimum atomic E-state index is -0.276. The summed E-state index contributed by atoms with van der Waals surface area (Å²) in [7, 11) is 0. The van der Waals surface area contributed by atoms with Crippen molar-refractivity contribution in [1.29, 1.82) is 0 Å². The van der Waals surface area contributed by atoms with Gasteiger partial charge in [0, 0.05) is 14.9 Å². The number of nitrogens with zero attached hydrogens (tertiary/aromatic N) is 1. The van der Waals surface area contributed by atoms with Crippen molar-refractivity contribution >= 4 is 50.6 Å². The highest BCUT2D eigenvalue weighted by Gasteiger charge is 2.34. The molecule has 0 saturated heterocycles. The molecule has 0 fully saturated rings. The number of hydrogen-bond acceptors (Lipinski definition) is 2. The first kappa shape index (κ1) is 18.2. The number of halogens is 1. The zero-order chi connectivity index (χ0) is 20.0. The van der Waals surface area contributed by atoms with E-state index in [4.69, 9.17) is 0 Å². The third-order valence-corrected chi connectivity index (χ3v) is 6.02. The van der Waals surface area contributed by atoms with Crippen molar-refractivity contribution in [2.75, 3.05) is 10.2 Å². The smallest absolute Gasteiger partial charge is 0.262 e. The third-order valence-electron chi connectivity index (χ3n) is 5.35. The summed E-state index contributed by atoms with van der Waals surface area (Å²) in [6, 6.07) is 28.8. The van der Waals surface area contributed by atoms with Crippen molar-refractivity contribution < 1.29 is 4.79 Å². The normalized spacial score (nSPS) is 15.9. The van der Waals surface area contributed by atoms with Gasteiger partial charge in [0.15, 0.2) is 0 Å². The predicted molar refractivity (Wildman–Crippen MR) is 127 cm³/mol. The minimum absolute atomic E-state index is 0.0148. The molecule has 1 amide bonds. The highest BCUT2D eigenvalue weighted by atomic mass is 127. The van der Waals surface area contributed by atoms with Crippen LogP contribution in [-0.2, 0) is 0 Å². The largest absolute Gasteiger partial charge is 0.360 e. The number of nitrogens with one attached hydrogen (secondary N) is 1. The molecule has 1 aliphatic heterocycles. The lowest BCUT2D eigenvalue weighted by atomic mass is 10.00. The molecule has 4 aromatic rings. The van der Waals surface area contributed by atoms with Crippen LogP contribution in [0.1, 0.15) is 27.7 Å². The van der Waals surface area contributed by atoms with Crippen LogP contribution in [0.3, 0.4) is 0 Å². The van der Waals surface area contributed by atoms with Gasteiger partial charge in [-0.25, -0.2) is 0 Å². The first-order valence-corrected chi connectivity index (χ1v) is 10.6. The average molecular weight is 490 g/mol. The number of carbonyl (C=O) groups is 1. The molecular formula is C25H19IN2O. The number of aryl methyl sites for hydroxylation is 1. The van der Waals surface area contributed by atoms with E-state index in [9.17, 15) is 4.79 Å². The molecule has 0 radical (unpaired) electrons. The second kappa shape index (κ2) is 7.19. The summed E-state index contributed by atoms with van der Waals surface area (Å²) in [6.45, 7) is 2.05. The summed E-state index contributed by atoms with van der Waals surface area (Å²) in [4.78, 5) is 15.5. The van der Waals surface area contributed by atoms with Crippen molar-refractivity contribution in [3.05, 3.63) is 105 Å². The summed E-state index contributed by atoms with van der Waals surface area (Å²) in [5.41, 5.74) is 4.65. The molecule has 1 aliphatic rings. The second-order valence-electron chi connectivity index (χ2n) is 7.36. The van der Waals surface area contributed by atoms with Crippen molar-refractivity contribution in [2.45, 2.75) is 13.1 Å². The number of fused-ring (bicyclic) bond motifs is 2. The Morgan fingerprint density at radius 3 is 2.52 bits per heavy atom. The van der Waals surface area contributed by atoms with Crippen LogP contribution in [0.4, 0.5) is 11.4 Å². The Balaban J connectivity index is 1.69. The Kier molecular flexibility index (Phi) is 4.51. The van der Waals surface area contributed by atoms with Gasteiger partial charge in [-0.3, -0.25) is 9.69 Å². The lowest BCUT2D eigenvalue weighted by molar-refractivity contribution is 0.0975. The molecule has 0 saturated carbocycles. The lowest BCUT2D eigenvalue weighted by Crippen LogP contribution is -2.43. The van der Waals surface area contributed by atoms with Gasteiger partial charge in [-0.2, -0.15) is 0 Å². The number of carbonyl (C=O) groups excluding carboxylic acids is 1. The summed E-state index contributed by atoms with van der Waals surface area (Å²) < 4.78 is 1.05. The topological polar surface area (TPSA) is 32.3 Å². The lowest BCUT2D eigenvalue weighted by Gasteiger charge is -2.38. The molecule has 0 aliphatic carbocycles. The van der Waals surface area contributed by atoms with Crippen molar-refractivity contribution in [1.82, 2.24) is 0 Å². The van der Waals surface area contributed by atoms with Crippen LogP contribution in [0.5, 0.6) is 0 Å². The van der Waals surface area contributed by atoms with Gasteiger partial charge in [0.2, 0.25) is 0 Å². The van der Waals surface area contributed by atoms with E-state index in [1.807, 2.05) is 60.4 Å². The Labute approximate surface area is 183 Å². The zero-order valence-electron chi connectivity index (χ0n) is 15.9. The predicted octanol–water partition coefficient (Wildman–Crippen LogP) is 6.52. The molecule has 1 unspecified atom stereocenters. The Morgan fingerprint density at radius 1 is 0.862 bits per heavy atom. The van der Waals surface area contributed by atoms with Gasteiger partial charge < -0.3 is 5.32 Å². The second-order valence-corrected chi connectivity index (χ2v) is 8.60. The van der Waals surface area contributed by atoms with Gasteiger partial charge in [0.1, 0.15) is 6.17 Å². The molecule has 0 aromatic heterocycles. The maximum Gasteiger partial charge on any atom is 0.262 e. The molecule has 3 nitrogen and oxygen atoms in total. The van der Waals surface area contributed by atoms with Gasteiger partial charge in [-0.15, -0.1) is 0 Å². The van der Waals surface area contributed by atoms with Crippen LogP contribution in [0.2, 0.25) is 0 Å². The van der Waals surface area contributed by atoms with E-state index in [2.05, 4.69) is 64.3 Å². The van der Waals surface area contributed by atoms with E-state index in [1.54, 1.807) is 0 Å². The molecule has 4 heteroatoms. The fourth-order valence-corrected chi connectivity index (χ4v) is 4.42. The van der Waals surface area contributed by atoms with Gasteiger partial charge in [-0.1, -0.05) is 48.5 Å². The molecule has 0 spiro atoms. The summed E-state index contributed by atoms with van der Waals surface area (Å²) in [5.74, 6) is 0.0148. The third kappa shape index (κ3) is 3.27. The van der Waals surface area contributed by atoms with E-state index in [0.29, 0.717) is 5.56 Å². The molecule has 1 heterocycles. The molecule has 29 heavy (non-hydrogen) atoms. The molecule has 5 rings (SSSR count). The van der Waals surface area contributed by atoms with Crippen LogP contribution < -0.4 is 10.2 Å². The summed E-state index contributed by atoms with van der Waals surface area (Å²) in [5, 5.41) is 5.96. The van der Waals surface area contributed by atoms with E-state index in [1.165, 1.54) is 5.39 Å². The van der Waals surface area contributed by atoms with Crippen molar-refractivity contribution in [3.63, 3.8) is 0 Å². The van der Waals surface area contributed by atoms with Crippen molar-refractivity contribution in [3.8, 4) is 0 Å². The van der Waals surface area contributed by atoms with E-state index in [-0.39, 0.29) is 12.1 Å². The van der Waals surface area contributed by atoms with Crippen LogP contribution in [0.15, 0.2) is 84.9 Å². The molecule has 1 N–H and O–H groups in total. The molecule has 142 valence electrons. The van der Waals surface area contributed by atoms with Crippen LogP contribution in [0, 0.1) is 10.5 Å². The highest BCUT2D eigenvalue weighted by molar-refractivity contribution is 14.1. The fourth-order valence-electron chi connectivity index (χ4n) is 3.93. The van der Waals surface area contributed by atoms with E-state index in [0.717, 1.165) is 31.5 Å². The quantitative estimate of drug-likeness (QED) is 0.325. The Bertz CT molecular complexity index is 1250. The van der Waals surface area contributed by atoms with Gasteiger partial charge in [-0.05, 0) is 87.8 Å². The van der Waals surface area contributed by atoms with E-state index >= 15 is 0 Å². The number of benzene rings is 4. The van der Waals surface area contributed by atoms with Gasteiger partial charge in [0.25, 0.3) is 5.91 Å². The van der Waals surface area contributed by atoms with Crippen molar-refractivity contribution in [2.24, 2.45) is 0 Å².